The average Bonchev–Trinajstić information content (AvgIpc) is 1.70. The van der Waals surface area contributed by atoms with Crippen molar-refractivity contribution in [2.24, 2.45) is 0 Å². The van der Waals surface area contributed by atoms with Crippen LogP contribution >= 0.6 is 0 Å². The van der Waals surface area contributed by atoms with Crippen molar-refractivity contribution in [3.63, 3.8) is 0 Å². The number of hydrogen-bond donors (Lipinski definition) is 0. The molecular formula is C12H34Si3Sn. The van der Waals surface area contributed by atoms with Gasteiger partial charge in [-0.1, -0.05) is 0 Å². The van der Waals surface area contributed by atoms with Crippen molar-refractivity contribution in [1.82, 2.24) is 0 Å². The Morgan fingerprint density at radius 2 is 0.688 bits per heavy atom. The van der Waals surface area contributed by atoms with E-state index < -0.39 is 44.0 Å². The summed E-state index contributed by atoms with van der Waals surface area (Å²) in [5.74, 6) is 0. The van der Waals surface area contributed by atoms with Crippen molar-refractivity contribution in [2.45, 2.75) is 71.1 Å². The molecule has 0 unspecified atom stereocenters. The number of hydrogen-bond acceptors (Lipinski definition) is 0. The Bertz CT molecular complexity index is 170. The standard InChI is InChI=1S/3C4H11Si.Sn.H/c3*1-5(2,3)4;;/h3*1H2,2-4H3;;. The normalized spacial score (nSPS) is 14.6. The van der Waals surface area contributed by atoms with Gasteiger partial charge in [-0.05, 0) is 0 Å². The molecule has 0 bridgehead atoms. The molecule has 0 heterocycles. The van der Waals surface area contributed by atoms with Crippen LogP contribution in [0.2, 0.25) is 71.1 Å². The third-order valence-corrected chi connectivity index (χ3v) is 54.4. The van der Waals surface area contributed by atoms with Gasteiger partial charge in [0.1, 0.15) is 0 Å². The van der Waals surface area contributed by atoms with E-state index in [1.807, 2.05) is 0 Å². The van der Waals surface area contributed by atoms with Crippen LogP contribution < -0.4 is 0 Å². The summed E-state index contributed by atoms with van der Waals surface area (Å²) in [6.07, 6.45) is 0. The van der Waals surface area contributed by atoms with Crippen LogP contribution in [0.15, 0.2) is 0 Å². The summed E-state index contributed by atoms with van der Waals surface area (Å²) in [4.78, 5) is 0. The molecule has 0 amide bonds. The van der Waals surface area contributed by atoms with Gasteiger partial charge in [0.05, 0.1) is 0 Å². The molecule has 0 saturated carbocycles. The molecule has 4 heteroatoms. The molecule has 0 aliphatic heterocycles. The van der Waals surface area contributed by atoms with Gasteiger partial charge >= 0.3 is 115 Å². The molecule has 16 heavy (non-hydrogen) atoms. The zero-order valence-corrected chi connectivity index (χ0v) is 19.5. The molecular weight excluding hydrogens is 347 g/mol. The van der Waals surface area contributed by atoms with Crippen LogP contribution in [0, 0.1) is 0 Å². The van der Waals surface area contributed by atoms with E-state index in [4.69, 9.17) is 0 Å². The fourth-order valence-corrected chi connectivity index (χ4v) is 65.4. The van der Waals surface area contributed by atoms with Crippen LogP contribution in [-0.4, -0.2) is 44.0 Å². The molecule has 0 N–H and O–H groups in total. The van der Waals surface area contributed by atoms with E-state index in [9.17, 15) is 0 Å². The summed E-state index contributed by atoms with van der Waals surface area (Å²) >= 11 is -1.18. The zero-order valence-electron chi connectivity index (χ0n) is 13.2. The Morgan fingerprint density at radius 1 is 0.500 bits per heavy atom. The van der Waals surface area contributed by atoms with Crippen molar-refractivity contribution in [1.29, 1.82) is 0 Å². The first kappa shape index (κ1) is 17.4. The molecule has 0 rings (SSSR count). The van der Waals surface area contributed by atoms with Gasteiger partial charge < -0.3 is 0 Å². The van der Waals surface area contributed by atoms with Gasteiger partial charge in [-0.3, -0.25) is 0 Å². The van der Waals surface area contributed by atoms with Gasteiger partial charge in [0, 0.05) is 0 Å². The molecule has 0 aromatic heterocycles. The maximum absolute atomic E-state index is 2.59. The monoisotopic (exact) mass is 382 g/mol. The van der Waals surface area contributed by atoms with Crippen LogP contribution in [0.4, 0.5) is 0 Å². The van der Waals surface area contributed by atoms with Gasteiger partial charge in [0.25, 0.3) is 0 Å². The van der Waals surface area contributed by atoms with E-state index in [2.05, 4.69) is 58.9 Å². The fraction of sp³-hybridized carbons (Fsp3) is 1.00. The zero-order chi connectivity index (χ0) is 13.2. The van der Waals surface area contributed by atoms with Crippen LogP contribution in [-0.2, 0) is 0 Å². The molecule has 98 valence electrons. The first-order chi connectivity index (χ1) is 6.79. The molecule has 0 spiro atoms. The van der Waals surface area contributed by atoms with Crippen LogP contribution in [0.3, 0.4) is 0 Å². The van der Waals surface area contributed by atoms with Crippen molar-refractivity contribution in [3.05, 3.63) is 0 Å². The second kappa shape index (κ2) is 6.06. The third kappa shape index (κ3) is 11.9. The van der Waals surface area contributed by atoms with Gasteiger partial charge in [-0.2, -0.15) is 0 Å². The second-order valence-electron chi connectivity index (χ2n) is 9.16. The Balaban J connectivity index is 4.53. The second-order valence-corrected chi connectivity index (χ2v) is 41.2. The van der Waals surface area contributed by atoms with Crippen molar-refractivity contribution < 1.29 is 0 Å². The molecule has 0 aromatic carbocycles. The Hall–Kier alpha value is 1.45. The third-order valence-electron chi connectivity index (χ3n) is 2.70. The van der Waals surface area contributed by atoms with Crippen molar-refractivity contribution in [3.8, 4) is 0 Å². The Kier molecular flexibility index (Phi) is 6.61. The number of rotatable bonds is 6. The van der Waals surface area contributed by atoms with E-state index in [-0.39, 0.29) is 0 Å². The summed E-state index contributed by atoms with van der Waals surface area (Å²) < 4.78 is 5.30. The summed E-state index contributed by atoms with van der Waals surface area (Å²) in [5.41, 5.74) is 0. The minimum atomic E-state index is -1.18. The molecule has 0 saturated heterocycles. The van der Waals surface area contributed by atoms with Crippen molar-refractivity contribution >= 4 is 44.0 Å². The molecule has 0 aromatic rings. The van der Waals surface area contributed by atoms with Crippen LogP contribution in [0.5, 0.6) is 0 Å². The maximum atomic E-state index is 2.59. The molecule has 0 radical (unpaired) electrons. The van der Waals surface area contributed by atoms with Crippen LogP contribution in [0.25, 0.3) is 0 Å². The fourth-order valence-electron chi connectivity index (χ4n) is 2.81. The van der Waals surface area contributed by atoms with Gasteiger partial charge in [-0.25, -0.2) is 0 Å². The van der Waals surface area contributed by atoms with Crippen LogP contribution in [0.1, 0.15) is 0 Å². The summed E-state index contributed by atoms with van der Waals surface area (Å²) in [5, 5.41) is 0. The quantitative estimate of drug-likeness (QED) is 0.578. The van der Waals surface area contributed by atoms with E-state index in [1.54, 1.807) is 12.2 Å². The molecule has 0 aliphatic rings. The molecule has 0 nitrogen and oxygen atoms in total. The predicted octanol–water partition coefficient (Wildman–Crippen LogP) is 4.85. The SMILES string of the molecule is C[Si](C)(C)[CH2][SnH]([CH2][Si](C)(C)C)[CH2][Si](C)(C)C. The minimum absolute atomic E-state index is 0.782. The Morgan fingerprint density at radius 3 is 0.812 bits per heavy atom. The summed E-state index contributed by atoms with van der Waals surface area (Å²) in [7, 11) is -2.35. The Labute approximate surface area is 114 Å². The average molecular weight is 381 g/mol. The molecule has 0 atom stereocenters. The first-order valence-corrected chi connectivity index (χ1v) is 24.9. The van der Waals surface area contributed by atoms with Gasteiger partial charge in [-0.15, -0.1) is 0 Å². The van der Waals surface area contributed by atoms with E-state index in [1.165, 1.54) is 0 Å². The van der Waals surface area contributed by atoms with E-state index in [0.29, 0.717) is 0 Å². The predicted molar refractivity (Wildman–Crippen MR) is 91.6 cm³/mol. The summed E-state index contributed by atoms with van der Waals surface area (Å²) in [6, 6.07) is 0. The van der Waals surface area contributed by atoms with Gasteiger partial charge in [0.15, 0.2) is 0 Å². The van der Waals surface area contributed by atoms with Gasteiger partial charge in [0.2, 0.25) is 0 Å². The first-order valence-electron chi connectivity index (χ1n) is 6.79. The van der Waals surface area contributed by atoms with E-state index in [0.717, 1.165) is 0 Å². The molecule has 0 fully saturated rings. The molecule has 0 aliphatic carbocycles. The van der Waals surface area contributed by atoms with E-state index >= 15 is 0 Å². The summed E-state index contributed by atoms with van der Waals surface area (Å²) in [6.45, 7) is 23.3. The van der Waals surface area contributed by atoms with Crippen molar-refractivity contribution in [2.75, 3.05) is 0 Å². The topological polar surface area (TPSA) is 0 Å².